The molecule has 7 heteroatoms. The van der Waals surface area contributed by atoms with Crippen molar-refractivity contribution in [1.82, 2.24) is 0 Å². The lowest BCUT2D eigenvalue weighted by atomic mass is 10.2. The van der Waals surface area contributed by atoms with Crippen LogP contribution in [0.5, 0.6) is 0 Å². The molecule has 2 amide bonds. The van der Waals surface area contributed by atoms with Crippen molar-refractivity contribution < 1.29 is 14.7 Å². The summed E-state index contributed by atoms with van der Waals surface area (Å²) >= 11 is 9.15. The molecule has 0 spiro atoms. The predicted molar refractivity (Wildman–Crippen MR) is 85.2 cm³/mol. The van der Waals surface area contributed by atoms with E-state index in [0.717, 1.165) is 0 Å². The first-order chi connectivity index (χ1) is 9.95. The van der Waals surface area contributed by atoms with Crippen LogP contribution in [0.1, 0.15) is 10.4 Å². The highest BCUT2D eigenvalue weighted by Gasteiger charge is 2.08. The number of amides is 2. The standard InChI is InChI=1S/C14H10BrClN2O3/c15-11-5-4-9(16)7-12(11)18-14(21)17-10-3-1-2-8(6-10)13(19)20/h1-7H,(H,19,20)(H2,17,18,21). The van der Waals surface area contributed by atoms with E-state index < -0.39 is 12.0 Å². The number of rotatable bonds is 3. The van der Waals surface area contributed by atoms with Gasteiger partial charge in [0.2, 0.25) is 0 Å². The van der Waals surface area contributed by atoms with Gasteiger partial charge in [0.15, 0.2) is 0 Å². The molecule has 2 aromatic carbocycles. The molecule has 0 atom stereocenters. The third-order valence-corrected chi connectivity index (χ3v) is 3.47. The van der Waals surface area contributed by atoms with Crippen molar-refractivity contribution in [2.75, 3.05) is 10.6 Å². The van der Waals surface area contributed by atoms with Gasteiger partial charge in [-0.1, -0.05) is 17.7 Å². The Morgan fingerprint density at radius 3 is 2.57 bits per heavy atom. The van der Waals surface area contributed by atoms with Crippen LogP contribution in [0.25, 0.3) is 0 Å². The van der Waals surface area contributed by atoms with Gasteiger partial charge in [0.25, 0.3) is 0 Å². The largest absolute Gasteiger partial charge is 0.478 e. The lowest BCUT2D eigenvalue weighted by Gasteiger charge is -2.10. The Balaban J connectivity index is 2.10. The molecule has 0 saturated heterocycles. The summed E-state index contributed by atoms with van der Waals surface area (Å²) in [4.78, 5) is 22.8. The Morgan fingerprint density at radius 2 is 1.86 bits per heavy atom. The van der Waals surface area contributed by atoms with Gasteiger partial charge in [-0.05, 0) is 52.3 Å². The molecule has 0 fully saturated rings. The first-order valence-electron chi connectivity index (χ1n) is 5.82. The number of aromatic carboxylic acids is 1. The van der Waals surface area contributed by atoms with Gasteiger partial charge in [0.1, 0.15) is 0 Å². The number of carboxylic acids is 1. The second-order valence-electron chi connectivity index (χ2n) is 4.09. The summed E-state index contributed by atoms with van der Waals surface area (Å²) in [5, 5.41) is 14.6. The fraction of sp³-hybridized carbons (Fsp3) is 0. The molecule has 5 nitrogen and oxygen atoms in total. The number of carbonyl (C=O) groups excluding carboxylic acids is 1. The summed E-state index contributed by atoms with van der Waals surface area (Å²) in [7, 11) is 0. The zero-order chi connectivity index (χ0) is 15.4. The molecule has 0 heterocycles. The quantitative estimate of drug-likeness (QED) is 0.748. The monoisotopic (exact) mass is 368 g/mol. The van der Waals surface area contributed by atoms with Gasteiger partial charge in [-0.15, -0.1) is 0 Å². The highest BCUT2D eigenvalue weighted by atomic mass is 79.9. The van der Waals surface area contributed by atoms with Crippen LogP contribution in [0.15, 0.2) is 46.9 Å². The van der Waals surface area contributed by atoms with Crippen molar-refractivity contribution in [2.24, 2.45) is 0 Å². The van der Waals surface area contributed by atoms with E-state index in [1.807, 2.05) is 0 Å². The van der Waals surface area contributed by atoms with Gasteiger partial charge in [-0.2, -0.15) is 0 Å². The molecular formula is C14H10BrClN2O3. The molecule has 0 unspecified atom stereocenters. The molecule has 0 bridgehead atoms. The first kappa shape index (κ1) is 15.3. The van der Waals surface area contributed by atoms with Crippen molar-refractivity contribution in [2.45, 2.75) is 0 Å². The molecule has 0 saturated carbocycles. The van der Waals surface area contributed by atoms with Crippen LogP contribution in [-0.4, -0.2) is 17.1 Å². The van der Waals surface area contributed by atoms with Crippen LogP contribution in [0.2, 0.25) is 5.02 Å². The molecule has 2 aromatic rings. The minimum atomic E-state index is -1.06. The Hall–Kier alpha value is -2.05. The smallest absolute Gasteiger partial charge is 0.335 e. The highest BCUT2D eigenvalue weighted by molar-refractivity contribution is 9.10. The van der Waals surface area contributed by atoms with Crippen molar-refractivity contribution in [1.29, 1.82) is 0 Å². The third kappa shape index (κ3) is 4.21. The number of benzene rings is 2. The van der Waals surface area contributed by atoms with E-state index in [4.69, 9.17) is 16.7 Å². The maximum atomic E-state index is 11.9. The molecule has 108 valence electrons. The Kier molecular flexibility index (Phi) is 4.82. The zero-order valence-corrected chi connectivity index (χ0v) is 12.9. The van der Waals surface area contributed by atoms with Crippen LogP contribution in [0, 0.1) is 0 Å². The van der Waals surface area contributed by atoms with E-state index in [9.17, 15) is 9.59 Å². The molecule has 0 aromatic heterocycles. The Bertz CT molecular complexity index is 706. The molecule has 3 N–H and O–H groups in total. The molecule has 0 aliphatic carbocycles. The highest BCUT2D eigenvalue weighted by Crippen LogP contribution is 2.26. The van der Waals surface area contributed by atoms with Crippen molar-refractivity contribution >= 4 is 50.9 Å². The van der Waals surface area contributed by atoms with Gasteiger partial charge in [0.05, 0.1) is 11.3 Å². The third-order valence-electron chi connectivity index (χ3n) is 2.54. The average Bonchev–Trinajstić information content (AvgIpc) is 2.43. The molecule has 21 heavy (non-hydrogen) atoms. The Labute approximate surface area is 134 Å². The molecule has 0 aliphatic heterocycles. The van der Waals surface area contributed by atoms with Gasteiger partial charge in [-0.3, -0.25) is 0 Å². The van der Waals surface area contributed by atoms with Crippen LogP contribution in [0.3, 0.4) is 0 Å². The van der Waals surface area contributed by atoms with E-state index in [1.165, 1.54) is 12.1 Å². The summed E-state index contributed by atoms with van der Waals surface area (Å²) in [5.41, 5.74) is 0.983. The van der Waals surface area contributed by atoms with E-state index in [-0.39, 0.29) is 5.56 Å². The maximum absolute atomic E-state index is 11.9. The molecule has 0 radical (unpaired) electrons. The topological polar surface area (TPSA) is 78.4 Å². The van der Waals surface area contributed by atoms with Gasteiger partial charge < -0.3 is 15.7 Å². The zero-order valence-electron chi connectivity index (χ0n) is 10.6. The van der Waals surface area contributed by atoms with Crippen LogP contribution in [0.4, 0.5) is 16.2 Å². The minimum Gasteiger partial charge on any atom is -0.478 e. The molecule has 0 aliphatic rings. The summed E-state index contributed by atoms with van der Waals surface area (Å²) < 4.78 is 0.682. The minimum absolute atomic E-state index is 0.0942. The SMILES string of the molecule is O=C(Nc1cccc(C(=O)O)c1)Nc1cc(Cl)ccc1Br. The number of carbonyl (C=O) groups is 2. The van der Waals surface area contributed by atoms with Crippen LogP contribution < -0.4 is 10.6 Å². The van der Waals surface area contributed by atoms with Crippen LogP contribution in [-0.2, 0) is 0 Å². The number of carboxylic acid groups (broad SMARTS) is 1. The van der Waals surface area contributed by atoms with E-state index >= 15 is 0 Å². The van der Waals surface area contributed by atoms with Crippen LogP contribution >= 0.6 is 27.5 Å². The normalized spacial score (nSPS) is 10.0. The number of hydrogen-bond acceptors (Lipinski definition) is 2. The first-order valence-corrected chi connectivity index (χ1v) is 6.99. The summed E-state index contributed by atoms with van der Waals surface area (Å²) in [5.74, 6) is -1.06. The van der Waals surface area contributed by atoms with E-state index in [1.54, 1.807) is 30.3 Å². The lowest BCUT2D eigenvalue weighted by molar-refractivity contribution is 0.0697. The Morgan fingerprint density at radius 1 is 1.10 bits per heavy atom. The van der Waals surface area contributed by atoms with E-state index in [2.05, 4.69) is 26.6 Å². The number of nitrogens with one attached hydrogen (secondary N) is 2. The summed E-state index contributed by atoms with van der Waals surface area (Å²) in [6, 6.07) is 10.5. The molecular weight excluding hydrogens is 360 g/mol. The fourth-order valence-electron chi connectivity index (χ4n) is 1.61. The second kappa shape index (κ2) is 6.60. The van der Waals surface area contributed by atoms with Gasteiger partial charge >= 0.3 is 12.0 Å². The molecule has 2 rings (SSSR count). The number of halogens is 2. The average molecular weight is 370 g/mol. The number of urea groups is 1. The fourth-order valence-corrected chi connectivity index (χ4v) is 2.13. The summed E-state index contributed by atoms with van der Waals surface area (Å²) in [6.07, 6.45) is 0. The van der Waals surface area contributed by atoms with Gasteiger partial charge in [-0.25, -0.2) is 9.59 Å². The summed E-state index contributed by atoms with van der Waals surface area (Å²) in [6.45, 7) is 0. The lowest BCUT2D eigenvalue weighted by Crippen LogP contribution is -2.19. The van der Waals surface area contributed by atoms with Crippen molar-refractivity contribution in [3.63, 3.8) is 0 Å². The number of hydrogen-bond donors (Lipinski definition) is 3. The van der Waals surface area contributed by atoms with Gasteiger partial charge in [0, 0.05) is 15.2 Å². The number of anilines is 2. The second-order valence-corrected chi connectivity index (χ2v) is 5.38. The van der Waals surface area contributed by atoms with Crippen molar-refractivity contribution in [3.8, 4) is 0 Å². The van der Waals surface area contributed by atoms with Crippen molar-refractivity contribution in [3.05, 3.63) is 57.5 Å². The van der Waals surface area contributed by atoms with E-state index in [0.29, 0.717) is 20.9 Å². The maximum Gasteiger partial charge on any atom is 0.335 e. The predicted octanol–water partition coefficient (Wildman–Crippen LogP) is 4.44.